The highest BCUT2D eigenvalue weighted by Gasteiger charge is 2.25. The van der Waals surface area contributed by atoms with E-state index in [0.29, 0.717) is 29.3 Å². The summed E-state index contributed by atoms with van der Waals surface area (Å²) in [5, 5.41) is 11.3. The number of hydrogen-bond acceptors (Lipinski definition) is 6. The molecule has 0 radical (unpaired) electrons. The summed E-state index contributed by atoms with van der Waals surface area (Å²) in [5.41, 5.74) is 2.76. The zero-order valence-electron chi connectivity index (χ0n) is 25.4. The van der Waals surface area contributed by atoms with Crippen LogP contribution in [-0.2, 0) is 27.1 Å². The number of amides is 1. The van der Waals surface area contributed by atoms with E-state index in [-0.39, 0.29) is 13.2 Å². The summed E-state index contributed by atoms with van der Waals surface area (Å²) in [6.07, 6.45) is -0.0278. The van der Waals surface area contributed by atoms with Gasteiger partial charge in [-0.05, 0) is 101 Å². The van der Waals surface area contributed by atoms with Gasteiger partial charge < -0.3 is 24.2 Å². The summed E-state index contributed by atoms with van der Waals surface area (Å²) >= 11 is 6.09. The fraction of sp³-hybridized carbons (Fsp3) is 0.412. The number of nitrogens with zero attached hydrogens (tertiary/aromatic N) is 1. The van der Waals surface area contributed by atoms with Crippen molar-refractivity contribution in [2.45, 2.75) is 71.7 Å². The lowest BCUT2D eigenvalue weighted by Gasteiger charge is -2.29. The second kappa shape index (κ2) is 14.6. The number of aliphatic hydroxyl groups excluding tert-OH is 1. The molecule has 3 aromatic carbocycles. The van der Waals surface area contributed by atoms with Crippen molar-refractivity contribution in [3.63, 3.8) is 0 Å². The maximum Gasteiger partial charge on any atom is 0.410 e. The third-order valence-electron chi connectivity index (χ3n) is 6.08. The van der Waals surface area contributed by atoms with E-state index in [0.717, 1.165) is 23.1 Å². The van der Waals surface area contributed by atoms with Crippen molar-refractivity contribution in [1.29, 1.82) is 0 Å². The van der Waals surface area contributed by atoms with Crippen LogP contribution in [0, 0.1) is 0 Å². The molecule has 0 heterocycles. The number of aliphatic hydroxyl groups is 1. The van der Waals surface area contributed by atoms with E-state index in [2.05, 4.69) is 12.1 Å². The lowest BCUT2D eigenvalue weighted by Crippen LogP contribution is -2.40. The Labute approximate surface area is 254 Å². The monoisotopic (exact) mass is 595 g/mol. The molecule has 1 unspecified atom stereocenters. The highest BCUT2D eigenvalue weighted by Crippen LogP contribution is 2.21. The van der Waals surface area contributed by atoms with Crippen LogP contribution in [-0.4, -0.2) is 53.0 Å². The molecule has 8 heteroatoms. The molecule has 1 amide bonds. The van der Waals surface area contributed by atoms with Crippen LogP contribution in [0.2, 0.25) is 5.02 Å². The molecule has 1 atom stereocenters. The predicted octanol–water partition coefficient (Wildman–Crippen LogP) is 7.16. The van der Waals surface area contributed by atoms with Gasteiger partial charge in [0.1, 0.15) is 17.0 Å². The third kappa shape index (κ3) is 11.7. The number of esters is 1. The number of carbonyl (C=O) groups excluding carboxylic acids is 2. The summed E-state index contributed by atoms with van der Waals surface area (Å²) < 4.78 is 16.4. The number of benzene rings is 3. The van der Waals surface area contributed by atoms with Crippen molar-refractivity contribution in [3.05, 3.63) is 100 Å². The first kappa shape index (κ1) is 33.0. The van der Waals surface area contributed by atoms with E-state index in [4.69, 9.17) is 25.8 Å². The Morgan fingerprint density at radius 3 is 1.98 bits per heavy atom. The Kier molecular flexibility index (Phi) is 11.4. The number of hydrogen-bond donors (Lipinski definition) is 1. The molecule has 0 spiro atoms. The topological polar surface area (TPSA) is 85.3 Å². The van der Waals surface area contributed by atoms with Crippen LogP contribution in [0.1, 0.15) is 69.9 Å². The zero-order chi connectivity index (χ0) is 30.9. The second-order valence-electron chi connectivity index (χ2n) is 12.3. The summed E-state index contributed by atoms with van der Waals surface area (Å²) in [4.78, 5) is 26.4. The minimum absolute atomic E-state index is 0.0881. The van der Waals surface area contributed by atoms with E-state index in [1.54, 1.807) is 24.3 Å². The highest BCUT2D eigenvalue weighted by molar-refractivity contribution is 6.30. The molecule has 0 fully saturated rings. The van der Waals surface area contributed by atoms with Crippen molar-refractivity contribution in [1.82, 2.24) is 4.90 Å². The fourth-order valence-corrected chi connectivity index (χ4v) is 4.35. The van der Waals surface area contributed by atoms with Gasteiger partial charge in [0.25, 0.3) is 0 Å². The molecule has 0 saturated carbocycles. The maximum absolute atomic E-state index is 13.0. The average molecular weight is 596 g/mol. The first-order chi connectivity index (χ1) is 19.7. The molecular weight excluding hydrogens is 554 g/mol. The normalized spacial score (nSPS) is 12.4. The van der Waals surface area contributed by atoms with Crippen molar-refractivity contribution in [2.24, 2.45) is 0 Å². The predicted molar refractivity (Wildman–Crippen MR) is 165 cm³/mol. The lowest BCUT2D eigenvalue weighted by atomic mass is 10.0. The van der Waals surface area contributed by atoms with Crippen molar-refractivity contribution < 1.29 is 28.9 Å². The summed E-state index contributed by atoms with van der Waals surface area (Å²) in [6.45, 7) is 11.3. The van der Waals surface area contributed by atoms with Crippen molar-refractivity contribution in [2.75, 3.05) is 19.7 Å². The first-order valence-electron chi connectivity index (χ1n) is 14.1. The minimum Gasteiger partial charge on any atom is -0.482 e. The second-order valence-corrected chi connectivity index (χ2v) is 12.7. The molecule has 3 rings (SSSR count). The molecule has 7 nitrogen and oxygen atoms in total. The Morgan fingerprint density at radius 2 is 1.40 bits per heavy atom. The minimum atomic E-state index is -0.896. The van der Waals surface area contributed by atoms with Gasteiger partial charge in [-0.2, -0.15) is 0 Å². The summed E-state index contributed by atoms with van der Waals surface area (Å²) in [7, 11) is 0. The van der Waals surface area contributed by atoms with Crippen LogP contribution in [0.5, 0.6) is 5.75 Å². The molecule has 1 N–H and O–H groups in total. The molecule has 42 heavy (non-hydrogen) atoms. The van der Waals surface area contributed by atoms with Crippen LogP contribution < -0.4 is 4.74 Å². The third-order valence-corrected chi connectivity index (χ3v) is 6.32. The molecule has 226 valence electrons. The van der Waals surface area contributed by atoms with Crippen LogP contribution >= 0.6 is 11.6 Å². The largest absolute Gasteiger partial charge is 0.482 e. The molecule has 3 aromatic rings. The van der Waals surface area contributed by atoms with Crippen LogP contribution in [0.15, 0.2) is 72.8 Å². The van der Waals surface area contributed by atoms with Crippen LogP contribution in [0.4, 0.5) is 4.79 Å². The maximum atomic E-state index is 13.0. The average Bonchev–Trinajstić information content (AvgIpc) is 2.89. The Hall–Kier alpha value is -3.55. The van der Waals surface area contributed by atoms with Gasteiger partial charge in [0.05, 0.1) is 12.6 Å². The number of carbonyl (C=O) groups is 2. The molecule has 0 aromatic heterocycles. The SMILES string of the molecule is CC(C)(C)OC(=O)COc1ccc(Cc2ccc(CCN(CC(O)c3cccc(Cl)c3)C(=O)OC(C)(C)C)cc2)cc1. The van der Waals surface area contributed by atoms with E-state index in [1.165, 1.54) is 4.90 Å². The number of halogens is 1. The standard InChI is InChI=1S/C34H42ClNO6/c1-33(2,3)41-31(38)23-40-29-16-14-26(15-17-29)20-25-12-10-24(11-13-25)18-19-36(32(39)42-34(4,5)6)22-30(37)27-8-7-9-28(35)21-27/h7-17,21,30,37H,18-20,22-23H2,1-6H3. The summed E-state index contributed by atoms with van der Waals surface area (Å²) in [6, 6.07) is 22.9. The molecular formula is C34H42ClNO6. The Bertz CT molecular complexity index is 1310. The van der Waals surface area contributed by atoms with Gasteiger partial charge in [0.15, 0.2) is 6.61 Å². The molecule has 0 aliphatic carbocycles. The van der Waals surface area contributed by atoms with E-state index in [9.17, 15) is 14.7 Å². The first-order valence-corrected chi connectivity index (χ1v) is 14.5. The van der Waals surface area contributed by atoms with Crippen LogP contribution in [0.25, 0.3) is 0 Å². The van der Waals surface area contributed by atoms with Crippen molar-refractivity contribution >= 4 is 23.7 Å². The molecule has 0 bridgehead atoms. The van der Waals surface area contributed by atoms with Gasteiger partial charge >= 0.3 is 12.1 Å². The van der Waals surface area contributed by atoms with Gasteiger partial charge in [-0.1, -0.05) is 60.1 Å². The molecule has 0 saturated heterocycles. The molecule has 0 aliphatic heterocycles. The summed E-state index contributed by atoms with van der Waals surface area (Å²) in [5.74, 6) is 0.202. The highest BCUT2D eigenvalue weighted by atomic mass is 35.5. The zero-order valence-corrected chi connectivity index (χ0v) is 26.1. The fourth-order valence-electron chi connectivity index (χ4n) is 4.15. The molecule has 0 aliphatic rings. The Balaban J connectivity index is 1.56. The van der Waals surface area contributed by atoms with E-state index in [1.807, 2.05) is 77.9 Å². The van der Waals surface area contributed by atoms with Gasteiger partial charge in [-0.15, -0.1) is 0 Å². The van der Waals surface area contributed by atoms with Crippen LogP contribution in [0.3, 0.4) is 0 Å². The Morgan fingerprint density at radius 1 is 0.833 bits per heavy atom. The lowest BCUT2D eigenvalue weighted by molar-refractivity contribution is -0.157. The van der Waals surface area contributed by atoms with Gasteiger partial charge in [0, 0.05) is 11.6 Å². The number of rotatable bonds is 11. The van der Waals surface area contributed by atoms with E-state index >= 15 is 0 Å². The van der Waals surface area contributed by atoms with Gasteiger partial charge in [-0.3, -0.25) is 0 Å². The smallest absolute Gasteiger partial charge is 0.410 e. The quantitative estimate of drug-likeness (QED) is 0.237. The van der Waals surface area contributed by atoms with Gasteiger partial charge in [-0.25, -0.2) is 9.59 Å². The van der Waals surface area contributed by atoms with Crippen molar-refractivity contribution in [3.8, 4) is 5.75 Å². The van der Waals surface area contributed by atoms with Gasteiger partial charge in [0.2, 0.25) is 0 Å². The number of ether oxygens (including phenoxy) is 3. The van der Waals surface area contributed by atoms with E-state index < -0.39 is 29.4 Å².